The summed E-state index contributed by atoms with van der Waals surface area (Å²) < 4.78 is 5.99. The number of urea groups is 1. The fourth-order valence-electron chi connectivity index (χ4n) is 3.80. The summed E-state index contributed by atoms with van der Waals surface area (Å²) in [4.78, 5) is 23.4. The van der Waals surface area contributed by atoms with Crippen LogP contribution in [0.1, 0.15) is 57.6 Å². The summed E-state index contributed by atoms with van der Waals surface area (Å²) in [6, 6.07) is 7.52. The molecule has 1 aliphatic carbocycles. The van der Waals surface area contributed by atoms with Gasteiger partial charge in [0.15, 0.2) is 0 Å². The first-order chi connectivity index (χ1) is 11.8. The number of ether oxygens (including phenoxy) is 1. The predicted molar refractivity (Wildman–Crippen MR) is 93.6 cm³/mol. The van der Waals surface area contributed by atoms with Crippen molar-refractivity contribution in [2.24, 2.45) is 5.92 Å². The third-order valence-corrected chi connectivity index (χ3v) is 5.09. The molecule has 1 fully saturated rings. The molecule has 1 aromatic rings. The Morgan fingerprint density at radius 3 is 2.48 bits per heavy atom. The van der Waals surface area contributed by atoms with Crippen LogP contribution in [0.4, 0.5) is 4.79 Å². The summed E-state index contributed by atoms with van der Waals surface area (Å²) in [5.41, 5.74) is 0.651. The number of aliphatic carboxylic acids is 1. The summed E-state index contributed by atoms with van der Waals surface area (Å²) in [5, 5.41) is 15.1. The molecule has 1 unspecified atom stereocenters. The maximum absolute atomic E-state index is 12.4. The predicted octanol–water partition coefficient (Wildman–Crippen LogP) is 3.23. The van der Waals surface area contributed by atoms with Crippen molar-refractivity contribution < 1.29 is 19.4 Å². The van der Waals surface area contributed by atoms with Gasteiger partial charge in [-0.05, 0) is 45.6 Å². The van der Waals surface area contributed by atoms with Gasteiger partial charge in [0.05, 0.1) is 12.0 Å². The van der Waals surface area contributed by atoms with Gasteiger partial charge < -0.3 is 20.5 Å². The molecule has 3 rings (SSSR count). The smallest absolute Gasteiger partial charge is 0.315 e. The van der Waals surface area contributed by atoms with E-state index in [1.54, 1.807) is 0 Å². The van der Waals surface area contributed by atoms with E-state index in [0.29, 0.717) is 32.1 Å². The van der Waals surface area contributed by atoms with Crippen molar-refractivity contribution in [3.8, 4) is 5.75 Å². The summed E-state index contributed by atoms with van der Waals surface area (Å²) in [6.07, 6.45) is 3.35. The number of carbonyl (C=O) groups excluding carboxylic acids is 1. The van der Waals surface area contributed by atoms with E-state index in [2.05, 4.69) is 10.6 Å². The maximum Gasteiger partial charge on any atom is 0.315 e. The highest BCUT2D eigenvalue weighted by atomic mass is 16.5. The second kappa shape index (κ2) is 6.94. The van der Waals surface area contributed by atoms with Crippen LogP contribution in [0.5, 0.6) is 5.75 Å². The quantitative estimate of drug-likeness (QED) is 0.784. The average Bonchev–Trinajstić information content (AvgIpc) is 2.54. The van der Waals surface area contributed by atoms with E-state index in [4.69, 9.17) is 9.84 Å². The second-order valence-electron chi connectivity index (χ2n) is 7.66. The van der Waals surface area contributed by atoms with E-state index in [1.165, 1.54) is 0 Å². The van der Waals surface area contributed by atoms with Crippen molar-refractivity contribution in [2.75, 3.05) is 0 Å². The van der Waals surface area contributed by atoms with Crippen LogP contribution >= 0.6 is 0 Å². The van der Waals surface area contributed by atoms with Gasteiger partial charge in [0.1, 0.15) is 11.4 Å². The number of fused-ring (bicyclic) bond motifs is 1. The van der Waals surface area contributed by atoms with E-state index in [9.17, 15) is 9.59 Å². The molecule has 136 valence electrons. The van der Waals surface area contributed by atoms with Crippen molar-refractivity contribution in [3.63, 3.8) is 0 Å². The topological polar surface area (TPSA) is 87.7 Å². The first-order valence-corrected chi connectivity index (χ1v) is 8.92. The number of carbonyl (C=O) groups is 2. The largest absolute Gasteiger partial charge is 0.487 e. The first kappa shape index (κ1) is 17.6. The van der Waals surface area contributed by atoms with E-state index >= 15 is 0 Å². The molecule has 1 aliphatic heterocycles. The van der Waals surface area contributed by atoms with E-state index in [1.807, 2.05) is 38.1 Å². The van der Waals surface area contributed by atoms with Crippen LogP contribution in [-0.4, -0.2) is 28.7 Å². The Balaban J connectivity index is 1.59. The first-order valence-electron chi connectivity index (χ1n) is 8.92. The van der Waals surface area contributed by atoms with Gasteiger partial charge in [-0.2, -0.15) is 0 Å². The average molecular weight is 346 g/mol. The zero-order chi connectivity index (χ0) is 18.0. The highest BCUT2D eigenvalue weighted by Crippen LogP contribution is 2.39. The molecular weight excluding hydrogens is 320 g/mol. The van der Waals surface area contributed by atoms with Gasteiger partial charge in [0, 0.05) is 18.0 Å². The third kappa shape index (κ3) is 4.24. The van der Waals surface area contributed by atoms with Crippen LogP contribution in [-0.2, 0) is 4.79 Å². The number of para-hydroxylation sites is 1. The molecule has 1 saturated carbocycles. The van der Waals surface area contributed by atoms with Crippen LogP contribution in [0, 0.1) is 5.92 Å². The van der Waals surface area contributed by atoms with Crippen molar-refractivity contribution >= 4 is 12.0 Å². The van der Waals surface area contributed by atoms with Crippen LogP contribution in [0.2, 0.25) is 0 Å². The normalized spacial score (nSPS) is 27.5. The third-order valence-electron chi connectivity index (χ3n) is 5.09. The van der Waals surface area contributed by atoms with Crippen LogP contribution in [0.15, 0.2) is 24.3 Å². The van der Waals surface area contributed by atoms with Crippen LogP contribution in [0.3, 0.4) is 0 Å². The highest BCUT2D eigenvalue weighted by Gasteiger charge is 2.35. The van der Waals surface area contributed by atoms with E-state index in [-0.39, 0.29) is 29.6 Å². The van der Waals surface area contributed by atoms with Crippen LogP contribution < -0.4 is 15.4 Å². The second-order valence-corrected chi connectivity index (χ2v) is 7.66. The highest BCUT2D eigenvalue weighted by molar-refractivity contribution is 5.75. The Morgan fingerprint density at radius 2 is 1.80 bits per heavy atom. The lowest BCUT2D eigenvalue weighted by Gasteiger charge is -2.38. The summed E-state index contributed by atoms with van der Waals surface area (Å²) in [5.74, 6) is -0.195. The molecule has 25 heavy (non-hydrogen) atoms. The minimum absolute atomic E-state index is 0.0405. The molecule has 0 spiro atoms. The molecule has 3 N–H and O–H groups in total. The maximum atomic E-state index is 12.4. The van der Waals surface area contributed by atoms with Crippen molar-refractivity contribution in [1.82, 2.24) is 10.6 Å². The fourth-order valence-corrected chi connectivity index (χ4v) is 3.80. The van der Waals surface area contributed by atoms with Gasteiger partial charge in [-0.3, -0.25) is 4.79 Å². The van der Waals surface area contributed by atoms with E-state index in [0.717, 1.165) is 11.3 Å². The monoisotopic (exact) mass is 346 g/mol. The van der Waals surface area contributed by atoms with Gasteiger partial charge in [-0.25, -0.2) is 4.79 Å². The summed E-state index contributed by atoms with van der Waals surface area (Å²) in [7, 11) is 0. The molecule has 1 atom stereocenters. The lowest BCUT2D eigenvalue weighted by Crippen LogP contribution is -2.48. The minimum Gasteiger partial charge on any atom is -0.487 e. The Hall–Kier alpha value is -2.24. The molecule has 2 aliphatic rings. The SMILES string of the molecule is CC1(C)CC(NC(=O)NC2CCC(C(=O)O)CC2)c2ccccc2O1. The van der Waals surface area contributed by atoms with Gasteiger partial charge >= 0.3 is 12.0 Å². The number of nitrogens with one attached hydrogen (secondary N) is 2. The molecule has 0 radical (unpaired) electrons. The number of hydrogen-bond donors (Lipinski definition) is 3. The zero-order valence-electron chi connectivity index (χ0n) is 14.7. The van der Waals surface area contributed by atoms with Crippen molar-refractivity contribution in [3.05, 3.63) is 29.8 Å². The molecule has 0 bridgehead atoms. The van der Waals surface area contributed by atoms with Crippen molar-refractivity contribution in [2.45, 2.75) is 63.6 Å². The molecule has 2 amide bonds. The van der Waals surface area contributed by atoms with Gasteiger partial charge in [0.2, 0.25) is 0 Å². The molecule has 0 aromatic heterocycles. The molecule has 0 saturated heterocycles. The van der Waals surface area contributed by atoms with Gasteiger partial charge in [0.25, 0.3) is 0 Å². The number of benzene rings is 1. The van der Waals surface area contributed by atoms with Gasteiger partial charge in [-0.1, -0.05) is 18.2 Å². The zero-order valence-corrected chi connectivity index (χ0v) is 14.7. The number of amides is 2. The lowest BCUT2D eigenvalue weighted by atomic mass is 9.86. The van der Waals surface area contributed by atoms with E-state index < -0.39 is 5.97 Å². The Labute approximate surface area is 147 Å². The lowest BCUT2D eigenvalue weighted by molar-refractivity contribution is -0.142. The standard InChI is InChI=1S/C19H26N2O4/c1-19(2)11-15(14-5-3-4-6-16(14)25-19)21-18(24)20-13-9-7-12(8-10-13)17(22)23/h3-6,12-13,15H,7-11H2,1-2H3,(H,22,23)(H2,20,21,24). The summed E-state index contributed by atoms with van der Waals surface area (Å²) in [6.45, 7) is 4.03. The van der Waals surface area contributed by atoms with Crippen molar-refractivity contribution in [1.29, 1.82) is 0 Å². The minimum atomic E-state index is -0.732. The number of carboxylic acid groups (broad SMARTS) is 1. The molecular formula is C19H26N2O4. The number of carboxylic acids is 1. The van der Waals surface area contributed by atoms with Gasteiger partial charge in [-0.15, -0.1) is 0 Å². The fraction of sp³-hybridized carbons (Fsp3) is 0.579. The molecule has 1 heterocycles. The Morgan fingerprint density at radius 1 is 1.12 bits per heavy atom. The summed E-state index contributed by atoms with van der Waals surface area (Å²) >= 11 is 0. The molecule has 1 aromatic carbocycles. The Bertz CT molecular complexity index is 651. The number of hydrogen-bond acceptors (Lipinski definition) is 3. The molecule has 6 nitrogen and oxygen atoms in total. The molecule has 6 heteroatoms. The number of rotatable bonds is 3. The Kier molecular flexibility index (Phi) is 4.88. The van der Waals surface area contributed by atoms with Crippen LogP contribution in [0.25, 0.3) is 0 Å².